The summed E-state index contributed by atoms with van der Waals surface area (Å²) in [4.78, 5) is 7.54. The molecule has 25 heavy (non-hydrogen) atoms. The van der Waals surface area contributed by atoms with Crippen molar-refractivity contribution >= 4 is 34.0 Å². The molecule has 1 aliphatic rings. The van der Waals surface area contributed by atoms with Crippen molar-refractivity contribution in [2.75, 3.05) is 4.90 Å². The Labute approximate surface area is 162 Å². The molecule has 2 nitrogen and oxygen atoms in total. The number of hydrogen-bond acceptors (Lipinski definition) is 2. The molecule has 0 aromatic heterocycles. The molecule has 3 aromatic carbocycles. The van der Waals surface area contributed by atoms with Gasteiger partial charge in [-0.05, 0) is 64.9 Å². The van der Waals surface area contributed by atoms with Crippen LogP contribution in [0.2, 0.25) is 0 Å². The largest absolute Gasteiger partial charge is 0.337 e. The van der Waals surface area contributed by atoms with Gasteiger partial charge in [0, 0.05) is 9.26 Å². The van der Waals surface area contributed by atoms with Crippen LogP contribution in [-0.2, 0) is 0 Å². The zero-order valence-electron chi connectivity index (χ0n) is 14.0. The van der Waals surface area contributed by atoms with Gasteiger partial charge in [-0.3, -0.25) is 4.99 Å². The van der Waals surface area contributed by atoms with Crippen LogP contribution in [0, 0.1) is 3.57 Å². The van der Waals surface area contributed by atoms with Crippen LogP contribution in [0.5, 0.6) is 0 Å². The van der Waals surface area contributed by atoms with Crippen molar-refractivity contribution in [2.24, 2.45) is 4.99 Å². The van der Waals surface area contributed by atoms with Gasteiger partial charge in [0.05, 0.1) is 11.8 Å². The number of aliphatic imine (C=N–C) groups is 1. The summed E-state index contributed by atoms with van der Waals surface area (Å²) >= 11 is 2.35. The average Bonchev–Trinajstić information content (AvgIpc) is 3.01. The van der Waals surface area contributed by atoms with Crippen LogP contribution in [0.25, 0.3) is 0 Å². The third-order valence-electron chi connectivity index (χ3n) is 4.63. The second-order valence-electron chi connectivity index (χ2n) is 6.22. The van der Waals surface area contributed by atoms with Crippen molar-refractivity contribution in [2.45, 2.75) is 19.1 Å². The van der Waals surface area contributed by atoms with Gasteiger partial charge in [0.2, 0.25) is 0 Å². The van der Waals surface area contributed by atoms with Gasteiger partial charge in [0.25, 0.3) is 0 Å². The number of nitrogens with zero attached hydrogens (tertiary/aromatic N) is 2. The molecule has 0 aliphatic carbocycles. The Morgan fingerprint density at radius 1 is 0.800 bits per heavy atom. The molecular weight excluding hydrogens is 419 g/mol. The van der Waals surface area contributed by atoms with Crippen molar-refractivity contribution in [1.29, 1.82) is 0 Å². The maximum atomic E-state index is 5.13. The van der Waals surface area contributed by atoms with Gasteiger partial charge in [-0.1, -0.05) is 60.7 Å². The minimum atomic E-state index is 0.00599. The van der Waals surface area contributed by atoms with Crippen LogP contribution in [-0.4, -0.2) is 11.8 Å². The van der Waals surface area contributed by atoms with E-state index in [0.29, 0.717) is 0 Å². The molecule has 0 spiro atoms. The Morgan fingerprint density at radius 2 is 1.40 bits per heavy atom. The Balaban J connectivity index is 1.80. The summed E-state index contributed by atoms with van der Waals surface area (Å²) in [5, 5.41) is 0. The third-order valence-corrected chi connectivity index (χ3v) is 5.35. The van der Waals surface area contributed by atoms with Crippen LogP contribution in [0.1, 0.15) is 24.2 Å². The van der Waals surface area contributed by atoms with Crippen molar-refractivity contribution in [1.82, 2.24) is 0 Å². The summed E-state index contributed by atoms with van der Waals surface area (Å²) in [7, 11) is 0. The fourth-order valence-electron chi connectivity index (χ4n) is 3.41. The number of rotatable bonds is 3. The zero-order chi connectivity index (χ0) is 17.2. The van der Waals surface area contributed by atoms with Crippen molar-refractivity contribution in [3.63, 3.8) is 0 Å². The lowest BCUT2D eigenvalue weighted by Crippen LogP contribution is -2.35. The molecule has 0 bridgehead atoms. The molecule has 124 valence electrons. The maximum absolute atomic E-state index is 5.13. The quantitative estimate of drug-likeness (QED) is 0.480. The summed E-state index contributed by atoms with van der Waals surface area (Å²) in [6, 6.07) is 30.0. The molecule has 1 heterocycles. The summed E-state index contributed by atoms with van der Waals surface area (Å²) in [5.41, 5.74) is 4.77. The molecule has 3 heteroatoms. The lowest BCUT2D eigenvalue weighted by atomic mass is 10.0. The molecule has 0 saturated heterocycles. The second-order valence-corrected chi connectivity index (χ2v) is 7.47. The van der Waals surface area contributed by atoms with Crippen LogP contribution in [0.15, 0.2) is 89.9 Å². The monoisotopic (exact) mass is 438 g/mol. The number of halogens is 1. The van der Waals surface area contributed by atoms with Crippen LogP contribution in [0.4, 0.5) is 5.69 Å². The Kier molecular flexibility index (Phi) is 4.57. The molecule has 1 aliphatic heterocycles. The first kappa shape index (κ1) is 16.3. The van der Waals surface area contributed by atoms with E-state index in [1.807, 2.05) is 0 Å². The second kappa shape index (κ2) is 7.00. The van der Waals surface area contributed by atoms with Gasteiger partial charge in [-0.25, -0.2) is 0 Å². The predicted octanol–water partition coefficient (Wildman–Crippen LogP) is 5.69. The van der Waals surface area contributed by atoms with E-state index >= 15 is 0 Å². The van der Waals surface area contributed by atoms with Crippen LogP contribution in [0.3, 0.4) is 0 Å². The smallest absolute Gasteiger partial charge is 0.148 e. The number of benzene rings is 3. The lowest BCUT2D eigenvalue weighted by Gasteiger charge is -2.30. The van der Waals surface area contributed by atoms with E-state index in [9.17, 15) is 0 Å². The summed E-state index contributed by atoms with van der Waals surface area (Å²) in [5.74, 6) is 0. The van der Waals surface area contributed by atoms with Gasteiger partial charge in [0.15, 0.2) is 0 Å². The summed E-state index contributed by atoms with van der Waals surface area (Å²) in [6.45, 7) is 2.24. The molecule has 0 amide bonds. The first-order chi connectivity index (χ1) is 12.2. The Bertz CT molecular complexity index is 873. The summed E-state index contributed by atoms with van der Waals surface area (Å²) in [6.07, 6.45) is 0.00599. The van der Waals surface area contributed by atoms with E-state index in [4.69, 9.17) is 4.99 Å². The molecule has 0 radical (unpaired) electrons. The number of anilines is 1. The fourth-order valence-corrected chi connectivity index (χ4v) is 3.77. The topological polar surface area (TPSA) is 15.6 Å². The minimum absolute atomic E-state index is 0.00599. The highest BCUT2D eigenvalue weighted by Crippen LogP contribution is 2.37. The van der Waals surface area contributed by atoms with Crippen molar-refractivity contribution in [3.8, 4) is 0 Å². The molecule has 0 saturated carbocycles. The molecule has 2 atom stereocenters. The van der Waals surface area contributed by atoms with Gasteiger partial charge >= 0.3 is 0 Å². The molecule has 2 unspecified atom stereocenters. The SMILES string of the molecule is CC1C(c2ccccc2)=NC(c2ccccc2)N1c1ccc(I)cc1. The highest BCUT2D eigenvalue weighted by atomic mass is 127. The average molecular weight is 438 g/mol. The highest BCUT2D eigenvalue weighted by Gasteiger charge is 2.34. The van der Waals surface area contributed by atoms with E-state index in [1.54, 1.807) is 0 Å². The highest BCUT2D eigenvalue weighted by molar-refractivity contribution is 14.1. The van der Waals surface area contributed by atoms with E-state index in [1.165, 1.54) is 20.4 Å². The lowest BCUT2D eigenvalue weighted by molar-refractivity contribution is 0.675. The van der Waals surface area contributed by atoms with Crippen LogP contribution >= 0.6 is 22.6 Å². The third kappa shape index (κ3) is 3.21. The zero-order valence-corrected chi connectivity index (χ0v) is 16.2. The normalized spacial score (nSPS) is 19.8. The molecule has 4 rings (SSSR count). The number of hydrogen-bond donors (Lipinski definition) is 0. The summed E-state index contributed by atoms with van der Waals surface area (Å²) < 4.78 is 1.24. The van der Waals surface area contributed by atoms with Crippen LogP contribution < -0.4 is 4.90 Å². The standard InChI is InChI=1S/C22H19IN2/c1-16-21(17-8-4-2-5-9-17)24-22(18-10-6-3-7-11-18)25(16)20-14-12-19(23)13-15-20/h2-16,22H,1H3. The first-order valence-electron chi connectivity index (χ1n) is 8.46. The van der Waals surface area contributed by atoms with Gasteiger partial charge < -0.3 is 4.90 Å². The van der Waals surface area contributed by atoms with Gasteiger partial charge in [-0.2, -0.15) is 0 Å². The van der Waals surface area contributed by atoms with Gasteiger partial charge in [0.1, 0.15) is 6.17 Å². The first-order valence-corrected chi connectivity index (χ1v) is 9.54. The van der Waals surface area contributed by atoms with Crippen molar-refractivity contribution in [3.05, 3.63) is 99.6 Å². The Hall–Kier alpha value is -2.14. The minimum Gasteiger partial charge on any atom is -0.337 e. The molecule has 0 fully saturated rings. The Morgan fingerprint density at radius 3 is 2.04 bits per heavy atom. The molecule has 3 aromatic rings. The van der Waals surface area contributed by atoms with E-state index < -0.39 is 0 Å². The fraction of sp³-hybridized carbons (Fsp3) is 0.136. The predicted molar refractivity (Wildman–Crippen MR) is 113 cm³/mol. The molecular formula is C22H19IN2. The van der Waals surface area contributed by atoms with Gasteiger partial charge in [-0.15, -0.1) is 0 Å². The van der Waals surface area contributed by atoms with E-state index in [2.05, 4.69) is 119 Å². The van der Waals surface area contributed by atoms with Crippen molar-refractivity contribution < 1.29 is 0 Å². The molecule has 0 N–H and O–H groups in total. The maximum Gasteiger partial charge on any atom is 0.148 e. The van der Waals surface area contributed by atoms with E-state index in [0.717, 1.165) is 5.71 Å². The van der Waals surface area contributed by atoms with E-state index in [-0.39, 0.29) is 12.2 Å².